The molecular weight excluding hydrogens is 394 g/mol. The van der Waals surface area contributed by atoms with E-state index in [0.717, 1.165) is 16.4 Å². The lowest BCUT2D eigenvalue weighted by molar-refractivity contribution is 0.598. The van der Waals surface area contributed by atoms with Gasteiger partial charge in [0.05, 0.1) is 21.7 Å². The van der Waals surface area contributed by atoms with E-state index in [1.165, 1.54) is 30.3 Å². The van der Waals surface area contributed by atoms with E-state index in [1.54, 1.807) is 23.9 Å². The lowest BCUT2D eigenvalue weighted by Crippen LogP contribution is -2.19. The zero-order valence-corrected chi connectivity index (χ0v) is 16.2. The summed E-state index contributed by atoms with van der Waals surface area (Å²) in [6, 6.07) is 12.0. The van der Waals surface area contributed by atoms with Gasteiger partial charge in [0.2, 0.25) is 10.0 Å². The van der Waals surface area contributed by atoms with Crippen molar-refractivity contribution in [3.63, 3.8) is 0 Å². The van der Waals surface area contributed by atoms with Gasteiger partial charge in [-0.3, -0.25) is 9.71 Å². The van der Waals surface area contributed by atoms with Crippen molar-refractivity contribution >= 4 is 42.5 Å². The van der Waals surface area contributed by atoms with Crippen LogP contribution >= 0.6 is 11.8 Å². The first-order valence-corrected chi connectivity index (χ1v) is 11.6. The lowest BCUT2D eigenvalue weighted by atomic mass is 10.1. The molecule has 1 heterocycles. The number of benzene rings is 2. The van der Waals surface area contributed by atoms with Crippen LogP contribution in [0.1, 0.15) is 18.5 Å². The molecule has 0 aliphatic carbocycles. The fraction of sp³-hybridized carbons (Fsp3) is 0.188. The molecule has 0 fully saturated rings. The van der Waals surface area contributed by atoms with Crippen LogP contribution in [0.3, 0.4) is 0 Å². The summed E-state index contributed by atoms with van der Waals surface area (Å²) in [5.41, 5.74) is 0.697. The Labute approximate surface area is 156 Å². The third-order valence-electron chi connectivity index (χ3n) is 3.78. The van der Waals surface area contributed by atoms with Crippen molar-refractivity contribution in [3.05, 3.63) is 54.1 Å². The summed E-state index contributed by atoms with van der Waals surface area (Å²) in [5.74, 6) is 0.761. The number of thioether (sulfide) groups is 1. The minimum atomic E-state index is -4.06. The highest BCUT2D eigenvalue weighted by Gasteiger charge is 2.22. The number of nitrogens with two attached hydrogens (primary N) is 1. The normalized spacial score (nSPS) is 17.8. The molecule has 0 spiro atoms. The topological polar surface area (TPSA) is 119 Å². The number of primary sulfonamides is 1. The predicted molar refractivity (Wildman–Crippen MR) is 103 cm³/mol. The molecule has 2 aromatic rings. The van der Waals surface area contributed by atoms with Gasteiger partial charge in [-0.05, 0) is 36.8 Å². The Morgan fingerprint density at radius 1 is 1.12 bits per heavy atom. The summed E-state index contributed by atoms with van der Waals surface area (Å²) in [6.45, 7) is 1.91. The summed E-state index contributed by atoms with van der Waals surface area (Å²) < 4.78 is 51.1. The number of hydrogen-bond acceptors (Lipinski definition) is 6. The largest absolute Gasteiger partial charge is 0.278 e. The summed E-state index contributed by atoms with van der Waals surface area (Å²) in [7, 11) is -8.05. The van der Waals surface area contributed by atoms with Crippen LogP contribution in [-0.4, -0.2) is 27.6 Å². The van der Waals surface area contributed by atoms with E-state index >= 15 is 0 Å². The molecule has 1 aliphatic heterocycles. The minimum Gasteiger partial charge on any atom is -0.278 e. The number of aliphatic imine (C=N–C) groups is 1. The van der Waals surface area contributed by atoms with E-state index in [9.17, 15) is 16.8 Å². The van der Waals surface area contributed by atoms with E-state index in [2.05, 4.69) is 9.71 Å². The second-order valence-corrected chi connectivity index (χ2v) is 10.1. The average molecular weight is 412 g/mol. The molecule has 138 valence electrons. The third-order valence-corrected chi connectivity index (χ3v) is 7.12. The fourth-order valence-corrected chi connectivity index (χ4v) is 5.32. The number of hydrogen-bond donors (Lipinski definition) is 2. The number of nitrogens with one attached hydrogen (secondary N) is 1. The summed E-state index contributed by atoms with van der Waals surface area (Å²) >= 11 is 1.63. The molecule has 1 atom stereocenters. The van der Waals surface area contributed by atoms with Crippen LogP contribution in [-0.2, 0) is 20.0 Å². The number of anilines is 1. The molecule has 0 radical (unpaired) electrons. The molecule has 7 nitrogen and oxygen atoms in total. The zero-order valence-electron chi connectivity index (χ0n) is 13.8. The standard InChI is InChI=1S/C16H17N3O4S3/c1-11-18-15(10-24-11)12-5-4-6-13(9-12)26(22,23)19-14-7-2-3-8-16(14)25(17,20)21/h2-9,15,19H,10H2,1H3,(H2,17,20,21). The highest BCUT2D eigenvalue weighted by atomic mass is 32.2. The van der Waals surface area contributed by atoms with Crippen molar-refractivity contribution in [2.75, 3.05) is 10.5 Å². The maximum Gasteiger partial charge on any atom is 0.261 e. The Morgan fingerprint density at radius 3 is 2.50 bits per heavy atom. The van der Waals surface area contributed by atoms with Crippen molar-refractivity contribution in [1.29, 1.82) is 0 Å². The molecule has 0 amide bonds. The monoisotopic (exact) mass is 411 g/mol. The van der Waals surface area contributed by atoms with Crippen molar-refractivity contribution in [2.45, 2.75) is 22.8 Å². The predicted octanol–water partition coefficient (Wildman–Crippen LogP) is 2.34. The van der Waals surface area contributed by atoms with Gasteiger partial charge in [-0.2, -0.15) is 0 Å². The number of sulfonamides is 2. The van der Waals surface area contributed by atoms with Gasteiger partial charge in [0.1, 0.15) is 4.90 Å². The molecule has 0 aromatic heterocycles. The van der Waals surface area contributed by atoms with Gasteiger partial charge < -0.3 is 0 Å². The Bertz CT molecular complexity index is 1080. The van der Waals surface area contributed by atoms with Gasteiger partial charge >= 0.3 is 0 Å². The molecule has 10 heteroatoms. The fourth-order valence-electron chi connectivity index (χ4n) is 2.56. The van der Waals surface area contributed by atoms with Gasteiger partial charge in [0.15, 0.2) is 0 Å². The van der Waals surface area contributed by atoms with Crippen LogP contribution in [0, 0.1) is 0 Å². The van der Waals surface area contributed by atoms with E-state index in [0.29, 0.717) is 0 Å². The van der Waals surface area contributed by atoms with Gasteiger partial charge in [-0.25, -0.2) is 22.0 Å². The number of nitrogens with zero attached hydrogens (tertiary/aromatic N) is 1. The summed E-state index contributed by atoms with van der Waals surface area (Å²) in [6.07, 6.45) is 0. The van der Waals surface area contributed by atoms with Crippen LogP contribution in [0.15, 0.2) is 63.3 Å². The van der Waals surface area contributed by atoms with E-state index in [1.807, 2.05) is 13.0 Å². The first-order valence-electron chi connectivity index (χ1n) is 7.58. The van der Waals surface area contributed by atoms with Crippen molar-refractivity contribution in [3.8, 4) is 0 Å². The quantitative estimate of drug-likeness (QED) is 0.783. The number of para-hydroxylation sites is 1. The van der Waals surface area contributed by atoms with Gasteiger partial charge in [0, 0.05) is 5.75 Å². The minimum absolute atomic E-state index is 0.0315. The maximum absolute atomic E-state index is 12.7. The molecule has 0 saturated heterocycles. The molecule has 0 bridgehead atoms. The smallest absolute Gasteiger partial charge is 0.261 e. The molecule has 1 unspecified atom stereocenters. The molecule has 1 aliphatic rings. The summed E-state index contributed by atoms with van der Waals surface area (Å²) in [5, 5.41) is 6.12. The van der Waals surface area contributed by atoms with Gasteiger partial charge in [-0.15, -0.1) is 11.8 Å². The van der Waals surface area contributed by atoms with Crippen LogP contribution < -0.4 is 9.86 Å². The van der Waals surface area contributed by atoms with Crippen molar-refractivity contribution < 1.29 is 16.8 Å². The van der Waals surface area contributed by atoms with E-state index in [4.69, 9.17) is 5.14 Å². The highest BCUT2D eigenvalue weighted by molar-refractivity contribution is 8.14. The molecule has 2 aromatic carbocycles. The van der Waals surface area contributed by atoms with Gasteiger partial charge in [0.25, 0.3) is 10.0 Å². The summed E-state index contributed by atoms with van der Waals surface area (Å²) in [4.78, 5) is 4.23. The molecule has 3 rings (SSSR count). The van der Waals surface area contributed by atoms with Crippen molar-refractivity contribution in [2.24, 2.45) is 10.1 Å². The Kier molecular flexibility index (Phi) is 5.11. The molecular formula is C16H17N3O4S3. The first kappa shape index (κ1) is 18.9. The zero-order chi connectivity index (χ0) is 18.9. The van der Waals surface area contributed by atoms with E-state index < -0.39 is 20.0 Å². The highest BCUT2D eigenvalue weighted by Crippen LogP contribution is 2.31. The van der Waals surface area contributed by atoms with Crippen molar-refractivity contribution in [1.82, 2.24) is 0 Å². The molecule has 26 heavy (non-hydrogen) atoms. The van der Waals surface area contributed by atoms with Crippen LogP contribution in [0.4, 0.5) is 5.69 Å². The average Bonchev–Trinajstić information content (AvgIpc) is 3.01. The van der Waals surface area contributed by atoms with Crippen LogP contribution in [0.5, 0.6) is 0 Å². The molecule has 0 saturated carbocycles. The lowest BCUT2D eigenvalue weighted by Gasteiger charge is -2.13. The SMILES string of the molecule is CC1=NC(c2cccc(S(=O)(=O)Nc3ccccc3S(N)(=O)=O)c2)CS1. The molecule has 3 N–H and O–H groups in total. The second kappa shape index (κ2) is 7.03. The van der Waals surface area contributed by atoms with Gasteiger partial charge in [-0.1, -0.05) is 24.3 Å². The van der Waals surface area contributed by atoms with E-state index in [-0.39, 0.29) is 21.5 Å². The second-order valence-electron chi connectivity index (χ2n) is 5.69. The van der Waals surface area contributed by atoms with Crippen LogP contribution in [0.2, 0.25) is 0 Å². The Morgan fingerprint density at radius 2 is 1.85 bits per heavy atom. The first-order chi connectivity index (χ1) is 12.2. The van der Waals surface area contributed by atoms with Crippen LogP contribution in [0.25, 0.3) is 0 Å². The Balaban J connectivity index is 1.95. The number of rotatable bonds is 5. The maximum atomic E-state index is 12.7. The Hall–Kier alpha value is -1.88. The third kappa shape index (κ3) is 4.09.